The van der Waals surface area contributed by atoms with Crippen molar-refractivity contribution in [2.24, 2.45) is 22.0 Å². The van der Waals surface area contributed by atoms with Crippen LogP contribution in [0.4, 0.5) is 0 Å². The number of allylic oxidation sites excluding steroid dienone is 1. The molecule has 2 aromatic carbocycles. The van der Waals surface area contributed by atoms with E-state index in [-0.39, 0.29) is 27.2 Å². The van der Waals surface area contributed by atoms with Crippen LogP contribution in [0, 0.1) is 11.8 Å². The predicted octanol–water partition coefficient (Wildman–Crippen LogP) is 2.94. The van der Waals surface area contributed by atoms with E-state index < -0.39 is 26.0 Å². The summed E-state index contributed by atoms with van der Waals surface area (Å²) in [7, 11) is -7.54. The Kier molecular flexibility index (Phi) is 7.35. The first-order chi connectivity index (χ1) is 16.9. The number of amides is 1. The Bertz CT molecular complexity index is 1590. The van der Waals surface area contributed by atoms with Gasteiger partial charge in [-0.05, 0) is 60.7 Å². The van der Waals surface area contributed by atoms with E-state index in [9.17, 15) is 21.6 Å². The molecule has 1 aliphatic rings. The number of sulfonamides is 2. The van der Waals surface area contributed by atoms with Gasteiger partial charge in [0.05, 0.1) is 20.0 Å². The smallest absolute Gasteiger partial charge is 0.279 e. The van der Waals surface area contributed by atoms with Crippen LogP contribution in [0.15, 0.2) is 69.9 Å². The zero-order valence-corrected chi connectivity index (χ0v) is 22.4. The number of aromatic nitrogens is 1. The van der Waals surface area contributed by atoms with Crippen LogP contribution in [0.25, 0.3) is 10.2 Å². The molecule has 36 heavy (non-hydrogen) atoms. The second-order valence-corrected chi connectivity index (χ2v) is 13.7. The van der Waals surface area contributed by atoms with Crippen LogP contribution in [-0.4, -0.2) is 44.7 Å². The average Bonchev–Trinajstić information content (AvgIpc) is 3.14. The average molecular weight is 549 g/mol. The largest absolute Gasteiger partial charge is 0.312 e. The summed E-state index contributed by atoms with van der Waals surface area (Å²) in [6, 6.07) is 10.2. The van der Waals surface area contributed by atoms with Crippen LogP contribution >= 0.6 is 11.3 Å². The Labute approximate surface area is 214 Å². The molecule has 0 bridgehead atoms. The molecule has 0 saturated carbocycles. The quantitative estimate of drug-likeness (QED) is 0.473. The minimum atomic E-state index is -3.88. The predicted molar refractivity (Wildman–Crippen MR) is 139 cm³/mol. The summed E-state index contributed by atoms with van der Waals surface area (Å²) in [6.45, 7) is 9.14. The van der Waals surface area contributed by atoms with Gasteiger partial charge in [0.2, 0.25) is 20.0 Å². The van der Waals surface area contributed by atoms with Crippen LogP contribution < -0.4 is 9.94 Å². The molecule has 0 spiro atoms. The van der Waals surface area contributed by atoms with Gasteiger partial charge >= 0.3 is 0 Å². The molecule has 1 saturated heterocycles. The van der Waals surface area contributed by atoms with Crippen molar-refractivity contribution in [2.45, 2.75) is 36.6 Å². The third-order valence-corrected chi connectivity index (χ3v) is 9.86. The van der Waals surface area contributed by atoms with E-state index in [2.05, 4.69) is 11.6 Å². The summed E-state index contributed by atoms with van der Waals surface area (Å²) in [5, 5.41) is 5.24. The van der Waals surface area contributed by atoms with Crippen LogP contribution in [0.2, 0.25) is 0 Å². The standard InChI is InChI=1S/C24H28N4O5S3/c1-4-11-28-21-10-9-20(35(25,30)31)13-22(21)34-24(28)26-23(29)18-5-7-19(8-6-18)36(32,33)27-14-16(2)12-17(3)15-27/h4-10,13,16-17H,1,11-12,14-15H2,2-3H3,(H2,25,30,31)/t16-,17-/m0/s1. The number of thiazole rings is 1. The van der Waals surface area contributed by atoms with Crippen molar-refractivity contribution in [2.75, 3.05) is 13.1 Å². The summed E-state index contributed by atoms with van der Waals surface area (Å²) in [4.78, 5) is 17.6. The molecule has 0 radical (unpaired) electrons. The van der Waals surface area contributed by atoms with Gasteiger partial charge < -0.3 is 4.57 Å². The van der Waals surface area contributed by atoms with Crippen LogP contribution in [0.1, 0.15) is 30.6 Å². The van der Waals surface area contributed by atoms with Gasteiger partial charge in [-0.2, -0.15) is 9.30 Å². The minimum absolute atomic E-state index is 0.0332. The van der Waals surface area contributed by atoms with Crippen molar-refractivity contribution in [3.05, 3.63) is 65.5 Å². The number of nitrogens with zero attached hydrogens (tertiary/aromatic N) is 3. The molecule has 2 heterocycles. The Morgan fingerprint density at radius 2 is 1.69 bits per heavy atom. The lowest BCUT2D eigenvalue weighted by molar-refractivity contribution is 0.0997. The van der Waals surface area contributed by atoms with Gasteiger partial charge in [0.1, 0.15) is 0 Å². The molecule has 0 aliphatic carbocycles. The highest BCUT2D eigenvalue weighted by Gasteiger charge is 2.31. The molecule has 12 heteroatoms. The lowest BCUT2D eigenvalue weighted by Crippen LogP contribution is -2.42. The van der Waals surface area contributed by atoms with E-state index in [1.807, 2.05) is 13.8 Å². The summed E-state index contributed by atoms with van der Waals surface area (Å²) in [5.74, 6) is 0.0239. The minimum Gasteiger partial charge on any atom is -0.312 e. The maximum absolute atomic E-state index is 13.1. The lowest BCUT2D eigenvalue weighted by Gasteiger charge is -2.34. The van der Waals surface area contributed by atoms with Gasteiger partial charge in [0.25, 0.3) is 5.91 Å². The fraction of sp³-hybridized carbons (Fsp3) is 0.333. The molecular formula is C24H28N4O5S3. The van der Waals surface area contributed by atoms with Gasteiger partial charge in [0.15, 0.2) is 4.80 Å². The van der Waals surface area contributed by atoms with Crippen LogP contribution in [-0.2, 0) is 26.6 Å². The fourth-order valence-corrected chi connectivity index (χ4v) is 7.86. The Balaban J connectivity index is 1.67. The van der Waals surface area contributed by atoms with Crippen molar-refractivity contribution in [3.63, 3.8) is 0 Å². The maximum atomic E-state index is 13.1. The molecule has 0 unspecified atom stereocenters. The first kappa shape index (κ1) is 26.4. The highest BCUT2D eigenvalue weighted by Crippen LogP contribution is 2.27. The van der Waals surface area contributed by atoms with Gasteiger partial charge in [-0.3, -0.25) is 4.79 Å². The third kappa shape index (κ3) is 5.37. The summed E-state index contributed by atoms with van der Waals surface area (Å²) in [6.07, 6.45) is 2.64. The number of carbonyl (C=O) groups excluding carboxylic acids is 1. The second kappa shape index (κ2) is 10.0. The first-order valence-electron chi connectivity index (χ1n) is 11.4. The van der Waals surface area contributed by atoms with Crippen molar-refractivity contribution in [1.82, 2.24) is 8.87 Å². The number of hydrogen-bond acceptors (Lipinski definition) is 6. The molecule has 4 rings (SSSR count). The fourth-order valence-electron chi connectivity index (χ4n) is 4.49. The lowest BCUT2D eigenvalue weighted by atomic mass is 9.94. The van der Waals surface area contributed by atoms with Gasteiger partial charge in [-0.1, -0.05) is 31.3 Å². The number of primary sulfonamides is 1. The van der Waals surface area contributed by atoms with Crippen molar-refractivity contribution < 1.29 is 21.6 Å². The second-order valence-electron chi connectivity index (χ2n) is 9.17. The molecule has 192 valence electrons. The number of nitrogens with two attached hydrogens (primary N) is 1. The number of rotatable bonds is 6. The number of hydrogen-bond donors (Lipinski definition) is 1. The number of benzene rings is 2. The SMILES string of the molecule is C=CCn1c(=NC(=O)c2ccc(S(=O)(=O)N3C[C@@H](C)C[C@H](C)C3)cc2)sc2cc(S(N)(=O)=O)ccc21. The van der Waals surface area contributed by atoms with E-state index in [1.54, 1.807) is 16.7 Å². The van der Waals surface area contributed by atoms with Gasteiger partial charge in [-0.15, -0.1) is 6.58 Å². The zero-order valence-electron chi connectivity index (χ0n) is 20.0. The van der Waals surface area contributed by atoms with E-state index in [4.69, 9.17) is 5.14 Å². The van der Waals surface area contributed by atoms with Gasteiger partial charge in [-0.25, -0.2) is 22.0 Å². The van der Waals surface area contributed by atoms with Crippen LogP contribution in [0.5, 0.6) is 0 Å². The molecule has 2 N–H and O–H groups in total. The molecule has 3 aromatic rings. The third-order valence-electron chi connectivity index (χ3n) is 6.07. The Morgan fingerprint density at radius 1 is 1.08 bits per heavy atom. The number of carbonyl (C=O) groups is 1. The molecule has 1 fully saturated rings. The number of fused-ring (bicyclic) bond motifs is 1. The summed E-state index contributed by atoms with van der Waals surface area (Å²) in [5.41, 5.74) is 0.924. The topological polar surface area (TPSA) is 132 Å². The van der Waals surface area contributed by atoms with E-state index in [1.165, 1.54) is 40.7 Å². The normalized spacial score (nSPS) is 20.0. The zero-order chi connectivity index (χ0) is 26.3. The summed E-state index contributed by atoms with van der Waals surface area (Å²) < 4.78 is 53.5. The van der Waals surface area contributed by atoms with Crippen molar-refractivity contribution in [1.29, 1.82) is 0 Å². The molecular weight excluding hydrogens is 520 g/mol. The first-order valence-corrected chi connectivity index (χ1v) is 15.2. The number of piperidine rings is 1. The molecule has 9 nitrogen and oxygen atoms in total. The molecule has 1 aliphatic heterocycles. The van der Waals surface area contributed by atoms with Crippen molar-refractivity contribution >= 4 is 47.5 Å². The van der Waals surface area contributed by atoms with Crippen molar-refractivity contribution in [3.8, 4) is 0 Å². The summed E-state index contributed by atoms with van der Waals surface area (Å²) >= 11 is 1.15. The van der Waals surface area contributed by atoms with Crippen LogP contribution in [0.3, 0.4) is 0 Å². The molecule has 1 amide bonds. The van der Waals surface area contributed by atoms with E-state index >= 15 is 0 Å². The Hall–Kier alpha value is -2.64. The highest BCUT2D eigenvalue weighted by atomic mass is 32.2. The molecule has 2 atom stereocenters. The van der Waals surface area contributed by atoms with Gasteiger partial charge in [0, 0.05) is 25.2 Å². The highest BCUT2D eigenvalue weighted by molar-refractivity contribution is 7.89. The van der Waals surface area contributed by atoms with E-state index in [0.717, 1.165) is 17.8 Å². The Morgan fingerprint density at radius 3 is 2.28 bits per heavy atom. The maximum Gasteiger partial charge on any atom is 0.279 e. The van der Waals surface area contributed by atoms with E-state index in [0.29, 0.717) is 34.7 Å². The molecule has 1 aromatic heterocycles. The monoisotopic (exact) mass is 548 g/mol.